The molecule has 0 saturated carbocycles. The van der Waals surface area contributed by atoms with Gasteiger partial charge >= 0.3 is 0 Å². The van der Waals surface area contributed by atoms with E-state index in [9.17, 15) is 0 Å². The van der Waals surface area contributed by atoms with E-state index in [0.717, 1.165) is 28.4 Å². The molecular formula is C21H20BrN. The van der Waals surface area contributed by atoms with Crippen molar-refractivity contribution in [1.29, 1.82) is 0 Å². The number of nitrogens with two attached hydrogens (primary N) is 1. The zero-order chi connectivity index (χ0) is 16.1. The number of halogens is 1. The molecule has 1 nitrogen and oxygen atoms in total. The van der Waals surface area contributed by atoms with E-state index in [4.69, 9.17) is 5.73 Å². The van der Waals surface area contributed by atoms with Crippen LogP contribution in [0.4, 0.5) is 0 Å². The van der Waals surface area contributed by atoms with Crippen LogP contribution in [0, 0.1) is 0 Å². The van der Waals surface area contributed by atoms with Crippen molar-refractivity contribution in [3.8, 4) is 0 Å². The first-order chi connectivity index (χ1) is 11.3. The predicted octanol–water partition coefficient (Wildman–Crippen LogP) is 4.87. The second-order valence-electron chi connectivity index (χ2n) is 5.64. The van der Waals surface area contributed by atoms with Gasteiger partial charge in [0.1, 0.15) is 0 Å². The summed E-state index contributed by atoms with van der Waals surface area (Å²) in [4.78, 5) is 0. The van der Waals surface area contributed by atoms with E-state index >= 15 is 0 Å². The van der Waals surface area contributed by atoms with Gasteiger partial charge in [-0.1, -0.05) is 101 Å². The van der Waals surface area contributed by atoms with Gasteiger partial charge in [0, 0.05) is 5.33 Å². The van der Waals surface area contributed by atoms with Gasteiger partial charge in [-0.25, -0.2) is 0 Å². The van der Waals surface area contributed by atoms with Crippen molar-refractivity contribution in [2.75, 3.05) is 5.33 Å². The third kappa shape index (κ3) is 3.10. The monoisotopic (exact) mass is 365 g/mol. The van der Waals surface area contributed by atoms with Gasteiger partial charge in [-0.3, -0.25) is 0 Å². The number of hydrogen-bond acceptors (Lipinski definition) is 1. The first kappa shape index (κ1) is 16.0. The first-order valence-corrected chi connectivity index (χ1v) is 8.93. The molecule has 0 aliphatic carbocycles. The van der Waals surface area contributed by atoms with Crippen LogP contribution in [-0.4, -0.2) is 5.33 Å². The van der Waals surface area contributed by atoms with Crippen LogP contribution in [0.15, 0.2) is 84.9 Å². The minimum absolute atomic E-state index is 0.652. The molecule has 0 heterocycles. The van der Waals surface area contributed by atoms with Crippen LogP contribution < -0.4 is 5.73 Å². The maximum atomic E-state index is 7.08. The molecule has 3 aromatic carbocycles. The standard InChI is InChI=1S/C21H20BrN/c22-16-15-17-9-7-8-14-20(17)21(23,18-10-3-1-4-11-18)19-12-5-2-6-13-19/h1-14H,15-16,23H2. The molecule has 3 rings (SSSR count). The molecule has 0 amide bonds. The molecule has 0 atom stereocenters. The number of aryl methyl sites for hydroxylation is 1. The molecule has 0 saturated heterocycles. The van der Waals surface area contributed by atoms with Gasteiger partial charge < -0.3 is 5.73 Å². The zero-order valence-electron chi connectivity index (χ0n) is 13.0. The van der Waals surface area contributed by atoms with E-state index < -0.39 is 5.54 Å². The van der Waals surface area contributed by atoms with Gasteiger partial charge in [-0.15, -0.1) is 0 Å². The fourth-order valence-electron chi connectivity index (χ4n) is 3.10. The van der Waals surface area contributed by atoms with Crippen molar-refractivity contribution < 1.29 is 0 Å². The van der Waals surface area contributed by atoms with E-state index in [-0.39, 0.29) is 0 Å². The summed E-state index contributed by atoms with van der Waals surface area (Å²) in [5.41, 5.74) is 11.1. The van der Waals surface area contributed by atoms with Crippen LogP contribution in [0.5, 0.6) is 0 Å². The van der Waals surface area contributed by atoms with Crippen molar-refractivity contribution >= 4 is 15.9 Å². The average Bonchev–Trinajstić information content (AvgIpc) is 2.63. The van der Waals surface area contributed by atoms with Gasteiger partial charge in [0.05, 0.1) is 5.54 Å². The molecule has 0 aliphatic heterocycles. The Kier molecular flexibility index (Phi) is 4.94. The Morgan fingerprint density at radius 2 is 1.17 bits per heavy atom. The van der Waals surface area contributed by atoms with Crippen LogP contribution in [0.1, 0.15) is 22.3 Å². The summed E-state index contributed by atoms with van der Waals surface area (Å²) in [7, 11) is 0. The van der Waals surface area contributed by atoms with Crippen LogP contribution in [0.2, 0.25) is 0 Å². The van der Waals surface area contributed by atoms with Gasteiger partial charge in [-0.2, -0.15) is 0 Å². The summed E-state index contributed by atoms with van der Waals surface area (Å²) < 4.78 is 0. The molecule has 0 aromatic heterocycles. The summed E-state index contributed by atoms with van der Waals surface area (Å²) in [5.74, 6) is 0. The van der Waals surface area contributed by atoms with Crippen molar-refractivity contribution in [2.24, 2.45) is 5.73 Å². The number of alkyl halides is 1. The summed E-state index contributed by atoms with van der Waals surface area (Å²) in [6, 6.07) is 29.2. The maximum absolute atomic E-state index is 7.08. The second kappa shape index (κ2) is 7.12. The van der Waals surface area contributed by atoms with E-state index in [1.165, 1.54) is 5.56 Å². The van der Waals surface area contributed by atoms with Gasteiger partial charge in [0.15, 0.2) is 0 Å². The summed E-state index contributed by atoms with van der Waals surface area (Å²) in [6.07, 6.45) is 0.953. The molecule has 3 aromatic rings. The SMILES string of the molecule is NC(c1ccccc1)(c1ccccc1)c1ccccc1CCBr. The highest BCUT2D eigenvalue weighted by molar-refractivity contribution is 9.09. The number of hydrogen-bond donors (Lipinski definition) is 1. The van der Waals surface area contributed by atoms with E-state index in [0.29, 0.717) is 0 Å². The van der Waals surface area contributed by atoms with E-state index in [2.05, 4.69) is 64.5 Å². The topological polar surface area (TPSA) is 26.0 Å². The largest absolute Gasteiger partial charge is 0.314 e. The molecule has 2 N–H and O–H groups in total. The second-order valence-corrected chi connectivity index (χ2v) is 6.43. The van der Waals surface area contributed by atoms with Crippen molar-refractivity contribution in [3.05, 3.63) is 107 Å². The van der Waals surface area contributed by atoms with Crippen molar-refractivity contribution in [2.45, 2.75) is 12.0 Å². The lowest BCUT2D eigenvalue weighted by Gasteiger charge is -2.33. The highest BCUT2D eigenvalue weighted by Gasteiger charge is 2.33. The van der Waals surface area contributed by atoms with Crippen molar-refractivity contribution in [3.63, 3.8) is 0 Å². The molecule has 116 valence electrons. The van der Waals surface area contributed by atoms with Crippen LogP contribution in [0.3, 0.4) is 0 Å². The third-order valence-corrected chi connectivity index (χ3v) is 4.66. The molecule has 0 aliphatic rings. The van der Waals surface area contributed by atoms with Gasteiger partial charge in [-0.05, 0) is 28.7 Å². The Hall–Kier alpha value is -1.90. The Balaban J connectivity index is 2.26. The summed E-state index contributed by atoms with van der Waals surface area (Å²) in [6.45, 7) is 0. The lowest BCUT2D eigenvalue weighted by Crippen LogP contribution is -2.40. The van der Waals surface area contributed by atoms with Gasteiger partial charge in [0.2, 0.25) is 0 Å². The first-order valence-electron chi connectivity index (χ1n) is 7.81. The lowest BCUT2D eigenvalue weighted by atomic mass is 9.76. The Labute approximate surface area is 146 Å². The van der Waals surface area contributed by atoms with E-state index in [1.807, 2.05) is 36.4 Å². The molecule has 23 heavy (non-hydrogen) atoms. The quantitative estimate of drug-likeness (QED) is 0.506. The Morgan fingerprint density at radius 3 is 1.70 bits per heavy atom. The molecule has 0 radical (unpaired) electrons. The smallest absolute Gasteiger partial charge is 0.0925 e. The van der Waals surface area contributed by atoms with Crippen molar-refractivity contribution in [1.82, 2.24) is 0 Å². The normalized spacial score (nSPS) is 11.4. The van der Waals surface area contributed by atoms with Crippen LogP contribution >= 0.6 is 15.9 Å². The average molecular weight is 366 g/mol. The lowest BCUT2D eigenvalue weighted by molar-refractivity contribution is 0.644. The van der Waals surface area contributed by atoms with Crippen LogP contribution in [0.25, 0.3) is 0 Å². The predicted molar refractivity (Wildman–Crippen MR) is 101 cm³/mol. The van der Waals surface area contributed by atoms with E-state index in [1.54, 1.807) is 0 Å². The molecule has 2 heteroatoms. The Morgan fingerprint density at radius 1 is 0.696 bits per heavy atom. The Bertz CT molecular complexity index is 714. The fourth-order valence-corrected chi connectivity index (χ4v) is 3.53. The zero-order valence-corrected chi connectivity index (χ0v) is 14.5. The van der Waals surface area contributed by atoms with Crippen LogP contribution in [-0.2, 0) is 12.0 Å². The summed E-state index contributed by atoms with van der Waals surface area (Å²) in [5, 5.41) is 0.920. The molecule has 0 spiro atoms. The fraction of sp³-hybridized carbons (Fsp3) is 0.143. The summed E-state index contributed by atoms with van der Waals surface area (Å²) >= 11 is 3.56. The highest BCUT2D eigenvalue weighted by Crippen LogP contribution is 2.36. The molecule has 0 fully saturated rings. The van der Waals surface area contributed by atoms with Gasteiger partial charge in [0.25, 0.3) is 0 Å². The molecule has 0 unspecified atom stereocenters. The molecule has 0 bridgehead atoms. The minimum atomic E-state index is -0.652. The number of benzene rings is 3. The third-order valence-electron chi connectivity index (χ3n) is 4.26. The molecular weight excluding hydrogens is 346 g/mol. The highest BCUT2D eigenvalue weighted by atomic mass is 79.9. The number of rotatable bonds is 5. The maximum Gasteiger partial charge on any atom is 0.0925 e. The minimum Gasteiger partial charge on any atom is -0.314 e.